The number of aromatic nitrogens is 3. The Labute approximate surface area is 203 Å². The summed E-state index contributed by atoms with van der Waals surface area (Å²) in [5.41, 5.74) is 1.09. The van der Waals surface area contributed by atoms with Gasteiger partial charge in [0.15, 0.2) is 0 Å². The topological polar surface area (TPSA) is 150 Å². The van der Waals surface area contributed by atoms with Crippen LogP contribution in [0.1, 0.15) is 48.2 Å². The molecule has 1 aromatic carbocycles. The van der Waals surface area contributed by atoms with Gasteiger partial charge in [0.25, 0.3) is 11.8 Å². The highest BCUT2D eigenvalue weighted by atomic mass is 19.4. The van der Waals surface area contributed by atoms with Crippen molar-refractivity contribution in [3.8, 4) is 22.7 Å². The Morgan fingerprint density at radius 1 is 1.11 bits per heavy atom. The smallest absolute Gasteiger partial charge is 0.408 e. The number of hydrogen-bond donors (Lipinski definition) is 4. The Morgan fingerprint density at radius 2 is 1.81 bits per heavy atom. The number of oxazole rings is 1. The van der Waals surface area contributed by atoms with Crippen LogP contribution in [-0.4, -0.2) is 56.3 Å². The number of hydrogen-bond acceptors (Lipinski definition) is 6. The molecule has 0 bridgehead atoms. The van der Waals surface area contributed by atoms with Gasteiger partial charge < -0.3 is 20.2 Å². The first kappa shape index (κ1) is 26.4. The number of alkyl halides is 3. The maximum Gasteiger partial charge on any atom is 0.408 e. The summed E-state index contributed by atoms with van der Waals surface area (Å²) in [7, 11) is 0. The normalized spacial score (nSPS) is 13.3. The average Bonchev–Trinajstić information content (AvgIpc) is 3.50. The number of H-pyrrole nitrogens is 1. The van der Waals surface area contributed by atoms with Crippen LogP contribution < -0.4 is 10.6 Å². The Bertz CT molecular complexity index is 1250. The minimum atomic E-state index is -4.57. The Hall–Kier alpha value is -4.16. The summed E-state index contributed by atoms with van der Waals surface area (Å²) in [4.78, 5) is 40.0. The van der Waals surface area contributed by atoms with Gasteiger partial charge in [-0.25, -0.2) is 9.78 Å². The fourth-order valence-corrected chi connectivity index (χ4v) is 3.29. The molecule has 2 unspecified atom stereocenters. The first-order valence-corrected chi connectivity index (χ1v) is 10.9. The van der Waals surface area contributed by atoms with Crippen LogP contribution >= 0.6 is 0 Å². The van der Waals surface area contributed by atoms with Gasteiger partial charge in [-0.05, 0) is 30.5 Å². The quantitative estimate of drug-likeness (QED) is 0.345. The van der Waals surface area contributed by atoms with Gasteiger partial charge in [-0.1, -0.05) is 32.9 Å². The first-order chi connectivity index (χ1) is 16.9. The van der Waals surface area contributed by atoms with E-state index in [1.807, 2.05) is 5.32 Å². The highest BCUT2D eigenvalue weighted by Crippen LogP contribution is 2.26. The van der Waals surface area contributed by atoms with Crippen molar-refractivity contribution in [3.05, 3.63) is 48.0 Å². The lowest BCUT2D eigenvalue weighted by molar-refractivity contribution is -0.153. The van der Waals surface area contributed by atoms with Crippen molar-refractivity contribution in [1.29, 1.82) is 0 Å². The molecule has 36 heavy (non-hydrogen) atoms. The number of aliphatic carboxylic acids is 1. The highest BCUT2D eigenvalue weighted by Gasteiger charge is 2.39. The molecule has 0 fully saturated rings. The number of carbonyl (C=O) groups excluding carboxylic acids is 2. The van der Waals surface area contributed by atoms with Crippen LogP contribution in [0.4, 0.5) is 13.2 Å². The van der Waals surface area contributed by atoms with E-state index in [2.05, 4.69) is 20.5 Å². The lowest BCUT2D eigenvalue weighted by Crippen LogP contribution is -2.45. The van der Waals surface area contributed by atoms with E-state index in [0.29, 0.717) is 11.1 Å². The summed E-state index contributed by atoms with van der Waals surface area (Å²) in [6.45, 7) is 4.62. The maximum atomic E-state index is 13.0. The predicted octanol–water partition coefficient (Wildman–Crippen LogP) is 3.64. The summed E-state index contributed by atoms with van der Waals surface area (Å²) in [5.74, 6) is -3.33. The van der Waals surface area contributed by atoms with Crippen LogP contribution in [0.3, 0.4) is 0 Å². The first-order valence-electron chi connectivity index (χ1n) is 10.9. The third-order valence-corrected chi connectivity index (χ3v) is 5.29. The molecule has 0 aliphatic rings. The van der Waals surface area contributed by atoms with Crippen molar-refractivity contribution in [2.45, 2.75) is 45.5 Å². The zero-order chi connectivity index (χ0) is 26.6. The fourth-order valence-electron chi connectivity index (χ4n) is 3.29. The molecule has 2 amide bonds. The van der Waals surface area contributed by atoms with E-state index in [1.165, 1.54) is 19.2 Å². The molecule has 0 saturated carbocycles. The number of nitrogens with one attached hydrogen (secondary N) is 3. The zero-order valence-electron chi connectivity index (χ0n) is 19.5. The fraction of sp³-hybridized carbons (Fsp3) is 0.348. The largest absolute Gasteiger partial charge is 0.480 e. The van der Waals surface area contributed by atoms with Crippen LogP contribution in [-0.2, 0) is 4.79 Å². The van der Waals surface area contributed by atoms with Crippen molar-refractivity contribution in [2.75, 3.05) is 0 Å². The molecule has 192 valence electrons. The van der Waals surface area contributed by atoms with Gasteiger partial charge in [-0.2, -0.15) is 18.3 Å². The summed E-state index contributed by atoms with van der Waals surface area (Å²) in [6, 6.07) is 4.75. The minimum Gasteiger partial charge on any atom is -0.480 e. The Morgan fingerprint density at radius 3 is 2.42 bits per heavy atom. The zero-order valence-corrected chi connectivity index (χ0v) is 19.5. The van der Waals surface area contributed by atoms with Gasteiger partial charge in [0, 0.05) is 11.1 Å². The van der Waals surface area contributed by atoms with Gasteiger partial charge in [0.2, 0.25) is 11.7 Å². The summed E-state index contributed by atoms with van der Waals surface area (Å²) >= 11 is 0. The molecule has 0 aliphatic carbocycles. The monoisotopic (exact) mass is 507 g/mol. The second kappa shape index (κ2) is 10.6. The number of carboxylic acid groups (broad SMARTS) is 1. The van der Waals surface area contributed by atoms with Gasteiger partial charge in [0.1, 0.15) is 17.8 Å². The lowest BCUT2D eigenvalue weighted by atomic mass is 10.0. The SMILES string of the molecule is CCC(NC(=O)c1cc(-c2cccc(-c3ncc(C(=O)NC(C(=O)O)C(C)C)o3)c2)n[nH]1)C(F)(F)F. The lowest BCUT2D eigenvalue weighted by Gasteiger charge is -2.19. The number of nitrogens with zero attached hydrogens (tertiary/aromatic N) is 2. The third-order valence-electron chi connectivity index (χ3n) is 5.29. The van der Waals surface area contributed by atoms with Crippen LogP contribution in [0.25, 0.3) is 22.7 Å². The summed E-state index contributed by atoms with van der Waals surface area (Å²) in [6.07, 6.45) is -3.72. The number of halogens is 3. The van der Waals surface area contributed by atoms with Gasteiger partial charge >= 0.3 is 12.1 Å². The standard InChI is InChI=1S/C23H24F3N5O5/c1-4-17(23(24,25)26)28-19(32)15-9-14(30-31-15)12-6-5-7-13(8-12)21-27-10-16(36-21)20(33)29-18(11(2)3)22(34)35/h5-11,17-18H,4H2,1-3H3,(H,28,32)(H,29,33)(H,30,31)(H,34,35). The molecular formula is C23H24F3N5O5. The molecule has 10 nitrogen and oxygen atoms in total. The highest BCUT2D eigenvalue weighted by molar-refractivity contribution is 5.95. The van der Waals surface area contributed by atoms with Crippen LogP contribution in [0.2, 0.25) is 0 Å². The van der Waals surface area contributed by atoms with Crippen LogP contribution in [0, 0.1) is 5.92 Å². The van der Waals surface area contributed by atoms with Crippen molar-refractivity contribution in [1.82, 2.24) is 25.8 Å². The number of benzene rings is 1. The van der Waals surface area contributed by atoms with E-state index in [0.717, 1.165) is 0 Å². The summed E-state index contributed by atoms with van der Waals surface area (Å²) < 4.78 is 44.3. The molecule has 0 radical (unpaired) electrons. The number of amides is 2. The number of aromatic amines is 1. The molecule has 2 atom stereocenters. The Balaban J connectivity index is 1.77. The van der Waals surface area contributed by atoms with Crippen LogP contribution in [0.15, 0.2) is 40.9 Å². The molecule has 0 saturated heterocycles. The van der Waals surface area contributed by atoms with E-state index in [1.54, 1.807) is 38.1 Å². The molecule has 2 heterocycles. The predicted molar refractivity (Wildman–Crippen MR) is 121 cm³/mol. The third kappa shape index (κ3) is 6.09. The van der Waals surface area contributed by atoms with Gasteiger partial charge in [-0.15, -0.1) is 0 Å². The second-order valence-electron chi connectivity index (χ2n) is 8.29. The summed E-state index contributed by atoms with van der Waals surface area (Å²) in [5, 5.41) is 20.0. The second-order valence-corrected chi connectivity index (χ2v) is 8.29. The average molecular weight is 507 g/mol. The van der Waals surface area contributed by atoms with Crippen molar-refractivity contribution in [3.63, 3.8) is 0 Å². The van der Waals surface area contributed by atoms with Gasteiger partial charge in [-0.3, -0.25) is 14.7 Å². The number of carbonyl (C=O) groups is 3. The molecule has 3 rings (SSSR count). The van der Waals surface area contributed by atoms with Crippen molar-refractivity contribution in [2.24, 2.45) is 5.92 Å². The van der Waals surface area contributed by atoms with Crippen LogP contribution in [0.5, 0.6) is 0 Å². The molecule has 13 heteroatoms. The van der Waals surface area contributed by atoms with E-state index in [-0.39, 0.29) is 35.4 Å². The van der Waals surface area contributed by atoms with Crippen molar-refractivity contribution >= 4 is 17.8 Å². The van der Waals surface area contributed by atoms with E-state index in [9.17, 15) is 32.7 Å². The maximum absolute atomic E-state index is 13.0. The van der Waals surface area contributed by atoms with E-state index >= 15 is 0 Å². The number of rotatable bonds is 9. The van der Waals surface area contributed by atoms with E-state index in [4.69, 9.17) is 4.42 Å². The van der Waals surface area contributed by atoms with Gasteiger partial charge in [0.05, 0.1) is 11.9 Å². The molecule has 3 aromatic rings. The molecule has 4 N–H and O–H groups in total. The minimum absolute atomic E-state index is 0.0721. The molecular weight excluding hydrogens is 483 g/mol. The number of carboxylic acids is 1. The van der Waals surface area contributed by atoms with E-state index < -0.39 is 36.0 Å². The molecule has 2 aromatic heterocycles. The van der Waals surface area contributed by atoms with Crippen molar-refractivity contribution < 1.29 is 37.1 Å². The molecule has 0 spiro atoms. The Kier molecular flexibility index (Phi) is 7.80. The molecule has 0 aliphatic heterocycles.